The molecule has 0 aromatic heterocycles. The molecule has 0 saturated carbocycles. The summed E-state index contributed by atoms with van der Waals surface area (Å²) in [6, 6.07) is 3.69. The summed E-state index contributed by atoms with van der Waals surface area (Å²) < 4.78 is 12.0. The Bertz CT molecular complexity index is 482. The molecule has 0 spiro atoms. The largest absolute Gasteiger partial charge is 0.486 e. The molecule has 1 N–H and O–H groups in total. The number of carbonyl (C=O) groups is 1. The molecule has 18 heavy (non-hydrogen) atoms. The summed E-state index contributed by atoms with van der Waals surface area (Å²) in [6.07, 6.45) is 0.384. The Hall–Kier alpha value is -1.23. The molecule has 2 rings (SSSR count). The third kappa shape index (κ3) is 2.46. The van der Waals surface area contributed by atoms with Gasteiger partial charge in [0.1, 0.15) is 13.2 Å². The second-order valence-electron chi connectivity index (χ2n) is 4.92. The molecule has 1 heterocycles. The van der Waals surface area contributed by atoms with Crippen LogP contribution in [-0.4, -0.2) is 24.3 Å². The van der Waals surface area contributed by atoms with E-state index in [1.807, 2.05) is 12.1 Å². The van der Waals surface area contributed by atoms with Gasteiger partial charge in [0.25, 0.3) is 0 Å². The average molecular weight is 315 g/mol. The van der Waals surface area contributed by atoms with E-state index in [0.29, 0.717) is 31.1 Å². The second kappa shape index (κ2) is 4.80. The van der Waals surface area contributed by atoms with Crippen LogP contribution < -0.4 is 9.47 Å². The van der Waals surface area contributed by atoms with Gasteiger partial charge >= 0.3 is 5.97 Å². The van der Waals surface area contributed by atoms with Crippen LogP contribution in [0, 0.1) is 5.41 Å². The number of fused-ring (bicyclic) bond motifs is 1. The van der Waals surface area contributed by atoms with Crippen molar-refractivity contribution in [3.05, 3.63) is 22.2 Å². The van der Waals surface area contributed by atoms with Crippen molar-refractivity contribution in [2.75, 3.05) is 13.2 Å². The molecule has 0 unspecified atom stereocenters. The van der Waals surface area contributed by atoms with Crippen LogP contribution in [0.2, 0.25) is 0 Å². The van der Waals surface area contributed by atoms with Crippen molar-refractivity contribution in [3.8, 4) is 11.5 Å². The van der Waals surface area contributed by atoms with Crippen LogP contribution in [0.15, 0.2) is 16.6 Å². The standard InChI is InChI=1S/C13H15BrO4/c1-13(2,12(15)16)7-8-9(14)3-4-10-11(8)18-6-5-17-10/h3-4H,5-7H2,1-2H3,(H,15,16). The minimum atomic E-state index is -0.849. The Kier molecular flexibility index (Phi) is 3.52. The first-order chi connectivity index (χ1) is 8.42. The van der Waals surface area contributed by atoms with Crippen molar-refractivity contribution in [3.63, 3.8) is 0 Å². The predicted molar refractivity (Wildman–Crippen MR) is 70.3 cm³/mol. The maximum atomic E-state index is 11.2. The monoisotopic (exact) mass is 314 g/mol. The van der Waals surface area contributed by atoms with Gasteiger partial charge in [-0.2, -0.15) is 0 Å². The minimum Gasteiger partial charge on any atom is -0.486 e. The van der Waals surface area contributed by atoms with Crippen molar-refractivity contribution in [2.45, 2.75) is 20.3 Å². The van der Waals surface area contributed by atoms with E-state index in [4.69, 9.17) is 9.47 Å². The zero-order valence-electron chi connectivity index (χ0n) is 10.3. The lowest BCUT2D eigenvalue weighted by Crippen LogP contribution is -2.27. The van der Waals surface area contributed by atoms with Gasteiger partial charge in [0.2, 0.25) is 0 Å². The molecule has 0 bridgehead atoms. The van der Waals surface area contributed by atoms with Gasteiger partial charge in [0.15, 0.2) is 11.5 Å². The third-order valence-electron chi connectivity index (χ3n) is 2.95. The van der Waals surface area contributed by atoms with E-state index in [0.717, 1.165) is 10.0 Å². The molecular formula is C13H15BrO4. The first-order valence-corrected chi connectivity index (χ1v) is 6.51. The minimum absolute atomic E-state index is 0.384. The van der Waals surface area contributed by atoms with E-state index in [2.05, 4.69) is 15.9 Å². The SMILES string of the molecule is CC(C)(Cc1c(Br)ccc2c1OCCO2)C(=O)O. The van der Waals surface area contributed by atoms with Gasteiger partial charge in [-0.25, -0.2) is 0 Å². The molecule has 98 valence electrons. The summed E-state index contributed by atoms with van der Waals surface area (Å²) in [5, 5.41) is 9.21. The van der Waals surface area contributed by atoms with Crippen molar-refractivity contribution >= 4 is 21.9 Å². The van der Waals surface area contributed by atoms with Gasteiger partial charge in [-0.05, 0) is 32.4 Å². The molecule has 0 fully saturated rings. The van der Waals surface area contributed by atoms with Crippen molar-refractivity contribution in [1.82, 2.24) is 0 Å². The number of carboxylic acid groups (broad SMARTS) is 1. The van der Waals surface area contributed by atoms with E-state index in [-0.39, 0.29) is 0 Å². The first-order valence-electron chi connectivity index (χ1n) is 5.72. The highest BCUT2D eigenvalue weighted by atomic mass is 79.9. The lowest BCUT2D eigenvalue weighted by atomic mass is 9.85. The van der Waals surface area contributed by atoms with E-state index < -0.39 is 11.4 Å². The molecule has 0 radical (unpaired) electrons. The third-order valence-corrected chi connectivity index (χ3v) is 3.70. The number of hydrogen-bond donors (Lipinski definition) is 1. The van der Waals surface area contributed by atoms with E-state index in [9.17, 15) is 9.90 Å². The van der Waals surface area contributed by atoms with Crippen molar-refractivity contribution < 1.29 is 19.4 Å². The van der Waals surface area contributed by atoms with Gasteiger partial charge in [-0.3, -0.25) is 4.79 Å². The lowest BCUT2D eigenvalue weighted by molar-refractivity contribution is -0.146. The van der Waals surface area contributed by atoms with Crippen LogP contribution in [0.3, 0.4) is 0 Å². The van der Waals surface area contributed by atoms with Gasteiger partial charge in [-0.1, -0.05) is 15.9 Å². The molecule has 1 aliphatic rings. The molecule has 0 amide bonds. The van der Waals surface area contributed by atoms with Gasteiger partial charge in [0, 0.05) is 10.0 Å². The highest BCUT2D eigenvalue weighted by Gasteiger charge is 2.31. The van der Waals surface area contributed by atoms with Crippen LogP contribution in [0.25, 0.3) is 0 Å². The Morgan fingerprint density at radius 3 is 2.72 bits per heavy atom. The zero-order valence-corrected chi connectivity index (χ0v) is 11.9. The summed E-state index contributed by atoms with van der Waals surface area (Å²) in [5.74, 6) is 0.509. The first kappa shape index (κ1) is 13.2. The Labute approximate surface area is 114 Å². The smallest absolute Gasteiger partial charge is 0.309 e. The predicted octanol–water partition coefficient (Wildman–Crippen LogP) is 2.87. The zero-order chi connectivity index (χ0) is 13.3. The normalized spacial score (nSPS) is 14.4. The maximum absolute atomic E-state index is 11.2. The topological polar surface area (TPSA) is 55.8 Å². The van der Waals surface area contributed by atoms with Crippen molar-refractivity contribution in [1.29, 1.82) is 0 Å². The van der Waals surface area contributed by atoms with E-state index in [1.165, 1.54) is 0 Å². The fourth-order valence-electron chi connectivity index (χ4n) is 1.83. The molecule has 1 aromatic rings. The second-order valence-corrected chi connectivity index (χ2v) is 5.77. The summed E-state index contributed by atoms with van der Waals surface area (Å²) in [4.78, 5) is 11.2. The summed E-state index contributed by atoms with van der Waals surface area (Å²) in [5.41, 5.74) is -0.00191. The van der Waals surface area contributed by atoms with E-state index in [1.54, 1.807) is 13.8 Å². The van der Waals surface area contributed by atoms with Gasteiger partial charge in [0.05, 0.1) is 5.41 Å². The Morgan fingerprint density at radius 2 is 2.06 bits per heavy atom. The van der Waals surface area contributed by atoms with Crippen LogP contribution in [0.5, 0.6) is 11.5 Å². The van der Waals surface area contributed by atoms with Crippen LogP contribution in [0.4, 0.5) is 0 Å². The number of aliphatic carboxylic acids is 1. The highest BCUT2D eigenvalue weighted by Crippen LogP contribution is 2.41. The molecule has 4 nitrogen and oxygen atoms in total. The fourth-order valence-corrected chi connectivity index (χ4v) is 2.28. The van der Waals surface area contributed by atoms with Gasteiger partial charge in [-0.15, -0.1) is 0 Å². The number of rotatable bonds is 3. The number of hydrogen-bond acceptors (Lipinski definition) is 3. The molecule has 0 aliphatic carbocycles. The molecule has 1 aliphatic heterocycles. The maximum Gasteiger partial charge on any atom is 0.309 e. The number of halogens is 1. The highest BCUT2D eigenvalue weighted by molar-refractivity contribution is 9.10. The number of benzene rings is 1. The summed E-state index contributed by atoms with van der Waals surface area (Å²) in [6.45, 7) is 4.41. The lowest BCUT2D eigenvalue weighted by Gasteiger charge is -2.25. The van der Waals surface area contributed by atoms with Crippen molar-refractivity contribution in [2.24, 2.45) is 5.41 Å². The summed E-state index contributed by atoms with van der Waals surface area (Å²) in [7, 11) is 0. The molecule has 0 atom stereocenters. The average Bonchev–Trinajstić information content (AvgIpc) is 2.32. The fraction of sp³-hybridized carbons (Fsp3) is 0.462. The van der Waals surface area contributed by atoms with Crippen LogP contribution in [-0.2, 0) is 11.2 Å². The van der Waals surface area contributed by atoms with Crippen LogP contribution >= 0.6 is 15.9 Å². The Balaban J connectivity index is 2.41. The number of ether oxygens (including phenoxy) is 2. The van der Waals surface area contributed by atoms with E-state index >= 15 is 0 Å². The Morgan fingerprint density at radius 1 is 1.39 bits per heavy atom. The molecule has 5 heteroatoms. The van der Waals surface area contributed by atoms with Gasteiger partial charge < -0.3 is 14.6 Å². The summed E-state index contributed by atoms with van der Waals surface area (Å²) >= 11 is 3.45. The van der Waals surface area contributed by atoms with Crippen LogP contribution in [0.1, 0.15) is 19.4 Å². The molecule has 0 saturated heterocycles. The molecular weight excluding hydrogens is 300 g/mol. The molecule has 1 aromatic carbocycles. The quantitative estimate of drug-likeness (QED) is 0.932. The number of carboxylic acids is 1.